The van der Waals surface area contributed by atoms with E-state index in [1.54, 1.807) is 18.2 Å². The molecule has 0 unspecified atom stereocenters. The molecule has 0 bridgehead atoms. The molecule has 1 amide bonds. The van der Waals surface area contributed by atoms with Crippen LogP contribution in [0.4, 0.5) is 11.4 Å². The van der Waals surface area contributed by atoms with Crippen molar-refractivity contribution in [2.24, 2.45) is 5.73 Å². The van der Waals surface area contributed by atoms with E-state index in [-0.39, 0.29) is 16.6 Å². The molecule has 0 saturated carbocycles. The first kappa shape index (κ1) is 17.0. The third kappa shape index (κ3) is 5.11. The minimum atomic E-state index is -2.49. The molecule has 4 N–H and O–H groups in total. The minimum absolute atomic E-state index is 0.127. The van der Waals surface area contributed by atoms with E-state index in [1.807, 2.05) is 6.07 Å². The van der Waals surface area contributed by atoms with Crippen LogP contribution in [0.1, 0.15) is 15.9 Å². The number of hydrogen-bond acceptors (Lipinski definition) is 6. The highest BCUT2D eigenvalue weighted by atomic mass is 35.5. The molecule has 0 fully saturated rings. The number of primary amides is 1. The first-order valence-electron chi connectivity index (χ1n) is 6.59. The summed E-state index contributed by atoms with van der Waals surface area (Å²) < 4.78 is 21.2. The molecule has 1 aromatic heterocycles. The van der Waals surface area contributed by atoms with Crippen LogP contribution in [-0.4, -0.2) is 25.2 Å². The van der Waals surface area contributed by atoms with Crippen molar-refractivity contribution in [2.45, 2.75) is 6.54 Å². The SMILES string of the molecule is NC(=O)c1cnc(Cl)cc1NCc1cccc(NC[SH](=O)=O)c1. The predicted molar refractivity (Wildman–Crippen MR) is 90.3 cm³/mol. The second kappa shape index (κ2) is 7.80. The van der Waals surface area contributed by atoms with Crippen LogP contribution >= 0.6 is 11.6 Å². The molecule has 9 heteroatoms. The van der Waals surface area contributed by atoms with Crippen LogP contribution in [0.15, 0.2) is 36.5 Å². The van der Waals surface area contributed by atoms with Crippen LogP contribution in [-0.2, 0) is 17.2 Å². The lowest BCUT2D eigenvalue weighted by molar-refractivity contribution is 0.100. The van der Waals surface area contributed by atoms with E-state index in [4.69, 9.17) is 17.3 Å². The van der Waals surface area contributed by atoms with Gasteiger partial charge in [0.05, 0.1) is 11.3 Å². The van der Waals surface area contributed by atoms with Gasteiger partial charge in [-0.15, -0.1) is 0 Å². The highest BCUT2D eigenvalue weighted by Crippen LogP contribution is 2.20. The molecule has 2 aromatic rings. The number of amides is 1. The van der Waals surface area contributed by atoms with E-state index >= 15 is 0 Å². The van der Waals surface area contributed by atoms with Crippen LogP contribution in [0.2, 0.25) is 5.15 Å². The Balaban J connectivity index is 2.10. The number of benzene rings is 1. The normalized spacial score (nSPS) is 10.5. The van der Waals surface area contributed by atoms with Crippen molar-refractivity contribution < 1.29 is 13.2 Å². The number of nitrogens with zero attached hydrogens (tertiary/aromatic N) is 1. The second-order valence-corrected chi connectivity index (χ2v) is 6.01. The molecule has 0 spiro atoms. The maximum Gasteiger partial charge on any atom is 0.252 e. The van der Waals surface area contributed by atoms with Gasteiger partial charge in [0.1, 0.15) is 11.0 Å². The first-order valence-corrected chi connectivity index (χ1v) is 8.33. The Bertz CT molecular complexity index is 787. The van der Waals surface area contributed by atoms with Crippen LogP contribution in [0.3, 0.4) is 0 Å². The molecule has 7 nitrogen and oxygen atoms in total. The maximum atomic E-state index is 11.4. The number of halogens is 1. The molecule has 1 heterocycles. The molecule has 0 atom stereocenters. The minimum Gasteiger partial charge on any atom is -0.380 e. The van der Waals surface area contributed by atoms with Crippen molar-refractivity contribution in [3.8, 4) is 0 Å². The van der Waals surface area contributed by atoms with Crippen LogP contribution < -0.4 is 16.4 Å². The number of rotatable bonds is 7. The Morgan fingerprint density at radius 2 is 2.04 bits per heavy atom. The average Bonchev–Trinajstić information content (AvgIpc) is 2.51. The summed E-state index contributed by atoms with van der Waals surface area (Å²) in [5.74, 6) is -0.732. The average molecular weight is 355 g/mol. The highest BCUT2D eigenvalue weighted by Gasteiger charge is 2.09. The second-order valence-electron chi connectivity index (χ2n) is 4.64. The fraction of sp³-hybridized carbons (Fsp3) is 0.143. The monoisotopic (exact) mass is 354 g/mol. The molecule has 0 aliphatic rings. The third-order valence-corrected chi connectivity index (χ3v) is 3.58. The molecule has 1 aromatic carbocycles. The summed E-state index contributed by atoms with van der Waals surface area (Å²) in [5.41, 5.74) is 7.60. The Labute approximate surface area is 139 Å². The number of thiol groups is 1. The van der Waals surface area contributed by atoms with Gasteiger partial charge in [-0.1, -0.05) is 23.7 Å². The fourth-order valence-corrected chi connectivity index (χ4v) is 2.39. The van der Waals surface area contributed by atoms with Crippen molar-refractivity contribution in [3.63, 3.8) is 0 Å². The van der Waals surface area contributed by atoms with Gasteiger partial charge < -0.3 is 16.4 Å². The molecule has 23 heavy (non-hydrogen) atoms. The molecule has 0 aliphatic carbocycles. The topological polar surface area (TPSA) is 114 Å². The van der Waals surface area contributed by atoms with Crippen molar-refractivity contribution in [2.75, 3.05) is 16.5 Å². The zero-order valence-corrected chi connectivity index (χ0v) is 13.6. The van der Waals surface area contributed by atoms with Crippen molar-refractivity contribution in [1.29, 1.82) is 0 Å². The molecule has 0 saturated heterocycles. The van der Waals surface area contributed by atoms with Gasteiger partial charge in [0.2, 0.25) is 0 Å². The van der Waals surface area contributed by atoms with Crippen LogP contribution in [0.5, 0.6) is 0 Å². The van der Waals surface area contributed by atoms with Gasteiger partial charge >= 0.3 is 0 Å². The Morgan fingerprint density at radius 1 is 1.26 bits per heavy atom. The summed E-state index contributed by atoms with van der Waals surface area (Å²) >= 11 is 5.83. The van der Waals surface area contributed by atoms with Crippen LogP contribution in [0, 0.1) is 0 Å². The van der Waals surface area contributed by atoms with E-state index in [2.05, 4.69) is 15.6 Å². The highest BCUT2D eigenvalue weighted by molar-refractivity contribution is 7.72. The number of hydrogen-bond donors (Lipinski definition) is 4. The van der Waals surface area contributed by atoms with E-state index in [0.717, 1.165) is 5.56 Å². The Kier molecular flexibility index (Phi) is 5.78. The largest absolute Gasteiger partial charge is 0.380 e. The quantitative estimate of drug-likeness (QED) is 0.442. The van der Waals surface area contributed by atoms with Crippen molar-refractivity contribution >= 4 is 39.6 Å². The standard InChI is InChI=1S/C14H15ClN4O3S/c15-13-5-12(11(7-18-13)14(16)20)17-6-9-2-1-3-10(4-9)19-8-23(21)22/h1-5,7,19,23H,6,8H2,(H2,16,20)(H,17,18). The summed E-state index contributed by atoms with van der Waals surface area (Å²) in [4.78, 5) is 15.2. The summed E-state index contributed by atoms with van der Waals surface area (Å²) in [7, 11) is -2.49. The molecular formula is C14H15ClN4O3S. The van der Waals surface area contributed by atoms with Gasteiger partial charge in [0.25, 0.3) is 5.91 Å². The van der Waals surface area contributed by atoms with Gasteiger partial charge in [-0.2, -0.15) is 0 Å². The van der Waals surface area contributed by atoms with Crippen molar-refractivity contribution in [1.82, 2.24) is 4.98 Å². The van der Waals surface area contributed by atoms with E-state index in [9.17, 15) is 13.2 Å². The molecule has 0 radical (unpaired) electrons. The van der Waals surface area contributed by atoms with Gasteiger partial charge in [-0.05, 0) is 23.8 Å². The summed E-state index contributed by atoms with van der Waals surface area (Å²) in [6, 6.07) is 8.75. The van der Waals surface area contributed by atoms with Crippen molar-refractivity contribution in [3.05, 3.63) is 52.8 Å². The number of nitrogens with two attached hydrogens (primary N) is 1. The Hall–Kier alpha value is -2.32. The zero-order valence-electron chi connectivity index (χ0n) is 12.0. The van der Waals surface area contributed by atoms with E-state index in [0.29, 0.717) is 17.9 Å². The van der Waals surface area contributed by atoms with Gasteiger partial charge in [-0.25, -0.2) is 13.4 Å². The molecule has 2 rings (SSSR count). The lowest BCUT2D eigenvalue weighted by Crippen LogP contribution is -2.15. The third-order valence-electron chi connectivity index (χ3n) is 2.96. The fourth-order valence-electron chi connectivity index (χ4n) is 1.92. The van der Waals surface area contributed by atoms with E-state index < -0.39 is 16.6 Å². The Morgan fingerprint density at radius 3 is 2.74 bits per heavy atom. The van der Waals surface area contributed by atoms with Crippen LogP contribution in [0.25, 0.3) is 0 Å². The molecule has 122 valence electrons. The lowest BCUT2D eigenvalue weighted by atomic mass is 10.1. The lowest BCUT2D eigenvalue weighted by Gasteiger charge is -2.11. The number of carbonyl (C=O) groups excluding carboxylic acids is 1. The summed E-state index contributed by atoms with van der Waals surface area (Å²) in [6.45, 7) is 0.402. The molecule has 0 aliphatic heterocycles. The summed E-state index contributed by atoms with van der Waals surface area (Å²) in [5, 5.41) is 6.11. The van der Waals surface area contributed by atoms with Gasteiger partial charge in [0, 0.05) is 18.4 Å². The number of pyridine rings is 1. The van der Waals surface area contributed by atoms with E-state index in [1.165, 1.54) is 12.3 Å². The van der Waals surface area contributed by atoms with Gasteiger partial charge in [-0.3, -0.25) is 4.79 Å². The van der Waals surface area contributed by atoms with Gasteiger partial charge in [0.15, 0.2) is 10.7 Å². The zero-order chi connectivity index (χ0) is 16.8. The first-order chi connectivity index (χ1) is 11.0. The predicted octanol–water partition coefficient (Wildman–Crippen LogP) is 1.43. The smallest absolute Gasteiger partial charge is 0.252 e. The summed E-state index contributed by atoms with van der Waals surface area (Å²) in [6.07, 6.45) is 1.32. The molecular weight excluding hydrogens is 340 g/mol. The maximum absolute atomic E-state index is 11.4. The number of carbonyl (C=O) groups is 1. The number of anilines is 2. The number of nitrogens with one attached hydrogen (secondary N) is 2. The number of aromatic nitrogens is 1.